The van der Waals surface area contributed by atoms with Crippen LogP contribution in [0.5, 0.6) is 0 Å². The molecule has 0 bridgehead atoms. The maximum absolute atomic E-state index is 11.4. The molecule has 0 aliphatic rings. The van der Waals surface area contributed by atoms with Gasteiger partial charge in [-0.05, 0) is 66.6 Å². The fourth-order valence-corrected chi connectivity index (χ4v) is 1.59. The second-order valence-corrected chi connectivity index (χ2v) is 4.22. The van der Waals surface area contributed by atoms with Gasteiger partial charge in [0.05, 0.1) is 12.2 Å². The van der Waals surface area contributed by atoms with Gasteiger partial charge >= 0.3 is 5.97 Å². The van der Waals surface area contributed by atoms with Crippen molar-refractivity contribution in [2.75, 3.05) is 6.61 Å². The standard InChI is InChI=1S/C11H13IO2/c1-4-14-11(13)9-5-7(2)10(12)8(3)6-9/h5-6H,4H2,1-3H3. The summed E-state index contributed by atoms with van der Waals surface area (Å²) in [7, 11) is 0. The van der Waals surface area contributed by atoms with Crippen molar-refractivity contribution in [1.29, 1.82) is 0 Å². The van der Waals surface area contributed by atoms with Gasteiger partial charge in [0.2, 0.25) is 0 Å². The van der Waals surface area contributed by atoms with Crippen LogP contribution in [0.2, 0.25) is 0 Å². The van der Waals surface area contributed by atoms with Crippen LogP contribution in [0.25, 0.3) is 0 Å². The molecule has 0 fully saturated rings. The van der Waals surface area contributed by atoms with Crippen LogP contribution in [-0.4, -0.2) is 12.6 Å². The first-order valence-corrected chi connectivity index (χ1v) is 5.58. The molecule has 2 nitrogen and oxygen atoms in total. The highest BCUT2D eigenvalue weighted by atomic mass is 127. The van der Waals surface area contributed by atoms with Crippen LogP contribution < -0.4 is 0 Å². The zero-order chi connectivity index (χ0) is 10.7. The van der Waals surface area contributed by atoms with Gasteiger partial charge in [-0.3, -0.25) is 0 Å². The van der Waals surface area contributed by atoms with Gasteiger partial charge in [-0.25, -0.2) is 4.79 Å². The van der Waals surface area contributed by atoms with Crippen molar-refractivity contribution >= 4 is 28.6 Å². The van der Waals surface area contributed by atoms with E-state index in [1.54, 1.807) is 0 Å². The van der Waals surface area contributed by atoms with Gasteiger partial charge in [0.1, 0.15) is 0 Å². The molecule has 0 radical (unpaired) electrons. The van der Waals surface area contributed by atoms with Crippen molar-refractivity contribution in [2.45, 2.75) is 20.8 Å². The summed E-state index contributed by atoms with van der Waals surface area (Å²) < 4.78 is 6.14. The maximum Gasteiger partial charge on any atom is 0.338 e. The molecule has 3 heteroatoms. The quantitative estimate of drug-likeness (QED) is 0.620. The van der Waals surface area contributed by atoms with E-state index in [-0.39, 0.29) is 5.97 Å². The van der Waals surface area contributed by atoms with Gasteiger partial charge in [0.15, 0.2) is 0 Å². The second-order valence-electron chi connectivity index (χ2n) is 3.14. The number of ether oxygens (including phenoxy) is 1. The van der Waals surface area contributed by atoms with Gasteiger partial charge < -0.3 is 4.74 Å². The number of benzene rings is 1. The Hall–Kier alpha value is -0.580. The molecule has 14 heavy (non-hydrogen) atoms. The fourth-order valence-electron chi connectivity index (χ4n) is 1.28. The lowest BCUT2D eigenvalue weighted by Crippen LogP contribution is -2.06. The molecule has 0 unspecified atom stereocenters. The molecular formula is C11H13IO2. The normalized spacial score (nSPS) is 10.0. The molecule has 0 aliphatic heterocycles. The molecule has 76 valence electrons. The van der Waals surface area contributed by atoms with Crippen LogP contribution in [0.4, 0.5) is 0 Å². The molecule has 1 rings (SSSR count). The lowest BCUT2D eigenvalue weighted by molar-refractivity contribution is 0.0526. The van der Waals surface area contributed by atoms with E-state index in [0.717, 1.165) is 11.1 Å². The minimum atomic E-state index is -0.241. The van der Waals surface area contributed by atoms with E-state index in [4.69, 9.17) is 4.74 Å². The van der Waals surface area contributed by atoms with E-state index in [1.807, 2.05) is 32.9 Å². The zero-order valence-corrected chi connectivity index (χ0v) is 10.7. The van der Waals surface area contributed by atoms with Crippen molar-refractivity contribution in [3.8, 4) is 0 Å². The number of hydrogen-bond donors (Lipinski definition) is 0. The molecule has 0 saturated heterocycles. The number of halogens is 1. The van der Waals surface area contributed by atoms with Gasteiger partial charge in [0.25, 0.3) is 0 Å². The molecule has 0 heterocycles. The summed E-state index contributed by atoms with van der Waals surface area (Å²) >= 11 is 2.28. The van der Waals surface area contributed by atoms with Gasteiger partial charge in [-0.1, -0.05) is 0 Å². The van der Waals surface area contributed by atoms with Gasteiger partial charge in [-0.2, -0.15) is 0 Å². The lowest BCUT2D eigenvalue weighted by Gasteiger charge is -2.07. The number of rotatable bonds is 2. The Bertz CT molecular complexity index is 335. The van der Waals surface area contributed by atoms with Crippen molar-refractivity contribution in [2.24, 2.45) is 0 Å². The predicted octanol–water partition coefficient (Wildman–Crippen LogP) is 3.08. The highest BCUT2D eigenvalue weighted by Crippen LogP contribution is 2.19. The molecule has 0 atom stereocenters. The van der Waals surface area contributed by atoms with Crippen LogP contribution in [-0.2, 0) is 4.74 Å². The van der Waals surface area contributed by atoms with E-state index in [9.17, 15) is 4.79 Å². The summed E-state index contributed by atoms with van der Waals surface area (Å²) in [5.74, 6) is -0.241. The molecule has 1 aromatic carbocycles. The number of aryl methyl sites for hydroxylation is 2. The average molecular weight is 304 g/mol. The van der Waals surface area contributed by atoms with Gasteiger partial charge in [-0.15, -0.1) is 0 Å². The first-order chi connectivity index (χ1) is 6.56. The monoisotopic (exact) mass is 304 g/mol. The molecule has 0 aromatic heterocycles. The third-order valence-electron chi connectivity index (χ3n) is 1.95. The third kappa shape index (κ3) is 2.47. The number of carbonyl (C=O) groups excluding carboxylic acids is 1. The SMILES string of the molecule is CCOC(=O)c1cc(C)c(I)c(C)c1. The number of esters is 1. The Morgan fingerprint density at radius 2 is 1.86 bits per heavy atom. The third-order valence-corrected chi connectivity index (χ3v) is 3.65. The van der Waals surface area contributed by atoms with Crippen molar-refractivity contribution < 1.29 is 9.53 Å². The largest absolute Gasteiger partial charge is 0.462 e. The van der Waals surface area contributed by atoms with E-state index in [2.05, 4.69) is 22.6 Å². The van der Waals surface area contributed by atoms with Crippen LogP contribution in [0.15, 0.2) is 12.1 Å². The summed E-state index contributed by atoms with van der Waals surface area (Å²) in [6, 6.07) is 3.74. The Kier molecular flexibility index (Phi) is 3.92. The van der Waals surface area contributed by atoms with Crippen LogP contribution in [0.3, 0.4) is 0 Å². The maximum atomic E-state index is 11.4. The van der Waals surface area contributed by atoms with Crippen LogP contribution in [0, 0.1) is 17.4 Å². The Labute approximate surface area is 97.8 Å². The minimum Gasteiger partial charge on any atom is -0.462 e. The summed E-state index contributed by atoms with van der Waals surface area (Å²) in [6.07, 6.45) is 0. The highest BCUT2D eigenvalue weighted by molar-refractivity contribution is 14.1. The van der Waals surface area contributed by atoms with E-state index in [0.29, 0.717) is 12.2 Å². The van der Waals surface area contributed by atoms with Crippen LogP contribution in [0.1, 0.15) is 28.4 Å². The lowest BCUT2D eigenvalue weighted by atomic mass is 10.1. The Morgan fingerprint density at radius 1 is 1.36 bits per heavy atom. The molecular weight excluding hydrogens is 291 g/mol. The Balaban J connectivity index is 3.06. The van der Waals surface area contributed by atoms with Crippen molar-refractivity contribution in [1.82, 2.24) is 0 Å². The van der Waals surface area contributed by atoms with Gasteiger partial charge in [0, 0.05) is 3.57 Å². The molecule has 0 saturated carbocycles. The van der Waals surface area contributed by atoms with Crippen molar-refractivity contribution in [3.05, 3.63) is 32.4 Å². The molecule has 0 amide bonds. The zero-order valence-electron chi connectivity index (χ0n) is 8.56. The summed E-state index contributed by atoms with van der Waals surface area (Å²) in [4.78, 5) is 11.4. The second kappa shape index (κ2) is 4.77. The van der Waals surface area contributed by atoms with E-state index >= 15 is 0 Å². The molecule has 0 aliphatic carbocycles. The summed E-state index contributed by atoms with van der Waals surface area (Å²) in [6.45, 7) is 6.22. The smallest absolute Gasteiger partial charge is 0.338 e. The summed E-state index contributed by atoms with van der Waals surface area (Å²) in [5, 5.41) is 0. The number of carbonyl (C=O) groups is 1. The highest BCUT2D eigenvalue weighted by Gasteiger charge is 2.09. The number of hydrogen-bond acceptors (Lipinski definition) is 2. The molecule has 1 aromatic rings. The first kappa shape index (κ1) is 11.5. The Morgan fingerprint density at radius 3 is 2.29 bits per heavy atom. The fraction of sp³-hybridized carbons (Fsp3) is 0.364. The van der Waals surface area contributed by atoms with E-state index in [1.165, 1.54) is 3.57 Å². The minimum absolute atomic E-state index is 0.241. The summed E-state index contributed by atoms with van der Waals surface area (Å²) in [5.41, 5.74) is 2.88. The molecule has 0 N–H and O–H groups in total. The topological polar surface area (TPSA) is 26.3 Å². The predicted molar refractivity (Wildman–Crippen MR) is 64.6 cm³/mol. The van der Waals surface area contributed by atoms with Crippen LogP contribution >= 0.6 is 22.6 Å². The van der Waals surface area contributed by atoms with Crippen molar-refractivity contribution in [3.63, 3.8) is 0 Å². The average Bonchev–Trinajstić information content (AvgIpc) is 2.13. The van der Waals surface area contributed by atoms with E-state index < -0.39 is 0 Å². The first-order valence-electron chi connectivity index (χ1n) is 4.50. The molecule has 0 spiro atoms.